The molecule has 1 aliphatic carbocycles. The SMILES string of the molecule is Cc1ccc(S(=O)(=O)NCCC(=O)N(Cc2ccc(C(C)C)cc2)C2CC2)cc1. The minimum atomic E-state index is -3.60. The summed E-state index contributed by atoms with van der Waals surface area (Å²) in [4.78, 5) is 14.9. The number of carbonyl (C=O) groups excluding carboxylic acids is 1. The Labute approximate surface area is 174 Å². The lowest BCUT2D eigenvalue weighted by Gasteiger charge is -2.23. The van der Waals surface area contributed by atoms with Gasteiger partial charge in [0.25, 0.3) is 0 Å². The second-order valence-electron chi connectivity index (χ2n) is 8.11. The summed E-state index contributed by atoms with van der Waals surface area (Å²) in [6.07, 6.45) is 2.20. The highest BCUT2D eigenvalue weighted by Crippen LogP contribution is 2.29. The van der Waals surface area contributed by atoms with Crippen LogP contribution in [-0.2, 0) is 21.4 Å². The van der Waals surface area contributed by atoms with Crippen LogP contribution in [0.15, 0.2) is 53.4 Å². The van der Waals surface area contributed by atoms with Gasteiger partial charge in [-0.05, 0) is 48.9 Å². The highest BCUT2D eigenvalue weighted by atomic mass is 32.2. The van der Waals surface area contributed by atoms with Gasteiger partial charge in [-0.1, -0.05) is 55.8 Å². The monoisotopic (exact) mass is 414 g/mol. The van der Waals surface area contributed by atoms with E-state index in [-0.39, 0.29) is 29.8 Å². The fourth-order valence-electron chi connectivity index (χ4n) is 3.25. The van der Waals surface area contributed by atoms with Crippen LogP contribution in [0.4, 0.5) is 0 Å². The van der Waals surface area contributed by atoms with Crippen molar-refractivity contribution in [1.82, 2.24) is 9.62 Å². The molecule has 0 heterocycles. The van der Waals surface area contributed by atoms with Crippen LogP contribution in [0.3, 0.4) is 0 Å². The van der Waals surface area contributed by atoms with Crippen LogP contribution < -0.4 is 4.72 Å². The van der Waals surface area contributed by atoms with Crippen molar-refractivity contribution in [3.05, 3.63) is 65.2 Å². The summed E-state index contributed by atoms with van der Waals surface area (Å²) < 4.78 is 27.3. The molecule has 0 unspecified atom stereocenters. The normalized spacial score (nSPS) is 14.2. The molecule has 0 aliphatic heterocycles. The second kappa shape index (κ2) is 9.09. The van der Waals surface area contributed by atoms with Crippen LogP contribution >= 0.6 is 0 Å². The largest absolute Gasteiger partial charge is 0.335 e. The van der Waals surface area contributed by atoms with Gasteiger partial charge < -0.3 is 4.90 Å². The van der Waals surface area contributed by atoms with E-state index >= 15 is 0 Å². The molecule has 0 aromatic heterocycles. The average molecular weight is 415 g/mol. The lowest BCUT2D eigenvalue weighted by atomic mass is 10.0. The quantitative estimate of drug-likeness (QED) is 0.675. The minimum Gasteiger partial charge on any atom is -0.335 e. The van der Waals surface area contributed by atoms with Crippen LogP contribution in [0, 0.1) is 6.92 Å². The van der Waals surface area contributed by atoms with Crippen molar-refractivity contribution in [2.24, 2.45) is 0 Å². The van der Waals surface area contributed by atoms with Gasteiger partial charge in [0.1, 0.15) is 0 Å². The van der Waals surface area contributed by atoms with E-state index in [9.17, 15) is 13.2 Å². The zero-order valence-corrected chi connectivity index (χ0v) is 18.2. The number of carbonyl (C=O) groups is 1. The fraction of sp³-hybridized carbons (Fsp3) is 0.435. The predicted molar refractivity (Wildman–Crippen MR) is 115 cm³/mol. The van der Waals surface area contributed by atoms with Gasteiger partial charge in [0, 0.05) is 25.6 Å². The Hall–Kier alpha value is -2.18. The molecule has 3 rings (SSSR count). The molecule has 0 atom stereocenters. The summed E-state index contributed by atoms with van der Waals surface area (Å²) >= 11 is 0. The predicted octanol–water partition coefficient (Wildman–Crippen LogP) is 3.98. The summed E-state index contributed by atoms with van der Waals surface area (Å²) in [6.45, 7) is 6.90. The van der Waals surface area contributed by atoms with Gasteiger partial charge in [0.15, 0.2) is 0 Å². The number of benzene rings is 2. The average Bonchev–Trinajstić information content (AvgIpc) is 3.51. The summed E-state index contributed by atoms with van der Waals surface area (Å²) in [5, 5.41) is 0. The smallest absolute Gasteiger partial charge is 0.240 e. The van der Waals surface area contributed by atoms with Crippen molar-refractivity contribution in [3.8, 4) is 0 Å². The third-order valence-electron chi connectivity index (χ3n) is 5.27. The number of rotatable bonds is 9. The Bertz CT molecular complexity index is 931. The molecular weight excluding hydrogens is 384 g/mol. The molecule has 0 radical (unpaired) electrons. The highest BCUT2D eigenvalue weighted by molar-refractivity contribution is 7.89. The van der Waals surface area contributed by atoms with Crippen LogP contribution in [0.25, 0.3) is 0 Å². The highest BCUT2D eigenvalue weighted by Gasteiger charge is 2.32. The van der Waals surface area contributed by atoms with Gasteiger partial charge >= 0.3 is 0 Å². The lowest BCUT2D eigenvalue weighted by molar-refractivity contribution is -0.132. The minimum absolute atomic E-state index is 0.00737. The van der Waals surface area contributed by atoms with Crippen molar-refractivity contribution in [3.63, 3.8) is 0 Å². The molecule has 0 spiro atoms. The molecule has 1 saturated carbocycles. The number of amides is 1. The molecular formula is C23H30N2O3S. The summed E-state index contributed by atoms with van der Waals surface area (Å²) in [6, 6.07) is 15.4. The molecule has 1 fully saturated rings. The van der Waals surface area contributed by atoms with Gasteiger partial charge in [0.2, 0.25) is 15.9 Å². The maximum Gasteiger partial charge on any atom is 0.240 e. The van der Waals surface area contributed by atoms with Crippen LogP contribution in [0.2, 0.25) is 0 Å². The molecule has 5 nitrogen and oxygen atoms in total. The zero-order valence-electron chi connectivity index (χ0n) is 17.4. The van der Waals surface area contributed by atoms with Crippen LogP contribution in [0.1, 0.15) is 55.7 Å². The Morgan fingerprint density at radius 3 is 2.24 bits per heavy atom. The topological polar surface area (TPSA) is 66.5 Å². The molecule has 0 bridgehead atoms. The van der Waals surface area contributed by atoms with Crippen LogP contribution in [-0.4, -0.2) is 31.8 Å². The Morgan fingerprint density at radius 2 is 1.69 bits per heavy atom. The van der Waals surface area contributed by atoms with E-state index in [1.807, 2.05) is 11.8 Å². The van der Waals surface area contributed by atoms with Crippen molar-refractivity contribution in [1.29, 1.82) is 0 Å². The van der Waals surface area contributed by atoms with E-state index < -0.39 is 10.0 Å². The lowest BCUT2D eigenvalue weighted by Crippen LogP contribution is -2.35. The van der Waals surface area contributed by atoms with Crippen molar-refractivity contribution < 1.29 is 13.2 Å². The number of nitrogens with zero attached hydrogens (tertiary/aromatic N) is 1. The standard InChI is InChI=1S/C23H30N2O3S/c1-17(2)20-8-6-19(7-9-20)16-25(21-10-11-21)23(26)14-15-24-29(27,28)22-12-4-18(3)5-13-22/h4-9,12-13,17,21,24H,10-11,14-16H2,1-3H3. The van der Waals surface area contributed by atoms with E-state index in [4.69, 9.17) is 0 Å². The third kappa shape index (κ3) is 5.90. The maximum atomic E-state index is 12.8. The van der Waals surface area contributed by atoms with Gasteiger partial charge in [-0.25, -0.2) is 13.1 Å². The first kappa shape index (κ1) is 21.5. The fourth-order valence-corrected chi connectivity index (χ4v) is 4.28. The molecule has 156 valence electrons. The van der Waals surface area contributed by atoms with Gasteiger partial charge in [-0.3, -0.25) is 4.79 Å². The van der Waals surface area contributed by atoms with Crippen molar-refractivity contribution >= 4 is 15.9 Å². The molecule has 6 heteroatoms. The Balaban J connectivity index is 1.56. The van der Waals surface area contributed by atoms with Gasteiger partial charge in [0.05, 0.1) is 4.90 Å². The van der Waals surface area contributed by atoms with Crippen molar-refractivity contribution in [2.75, 3.05) is 6.54 Å². The number of aryl methyl sites for hydroxylation is 1. The van der Waals surface area contributed by atoms with E-state index in [1.165, 1.54) is 5.56 Å². The molecule has 0 saturated heterocycles. The summed E-state index contributed by atoms with van der Waals surface area (Å²) in [7, 11) is -3.60. The number of hydrogen-bond acceptors (Lipinski definition) is 3. The molecule has 2 aromatic rings. The first-order valence-corrected chi connectivity index (χ1v) is 11.7. The van der Waals surface area contributed by atoms with Gasteiger partial charge in [-0.15, -0.1) is 0 Å². The van der Waals surface area contributed by atoms with E-state index in [2.05, 4.69) is 42.8 Å². The molecule has 1 amide bonds. The van der Waals surface area contributed by atoms with E-state index in [1.54, 1.807) is 24.3 Å². The first-order chi connectivity index (χ1) is 13.8. The van der Waals surface area contributed by atoms with Crippen molar-refractivity contribution in [2.45, 2.75) is 63.4 Å². The molecule has 2 aromatic carbocycles. The number of hydrogen-bond donors (Lipinski definition) is 1. The zero-order chi connectivity index (χ0) is 21.0. The van der Waals surface area contributed by atoms with E-state index in [0.29, 0.717) is 12.5 Å². The maximum absolute atomic E-state index is 12.8. The Kier molecular flexibility index (Phi) is 6.75. The Morgan fingerprint density at radius 1 is 1.07 bits per heavy atom. The number of nitrogens with one attached hydrogen (secondary N) is 1. The third-order valence-corrected chi connectivity index (χ3v) is 6.75. The summed E-state index contributed by atoms with van der Waals surface area (Å²) in [5.41, 5.74) is 3.39. The second-order valence-corrected chi connectivity index (χ2v) is 9.88. The molecule has 29 heavy (non-hydrogen) atoms. The first-order valence-electron chi connectivity index (χ1n) is 10.2. The molecule has 1 aliphatic rings. The molecule has 1 N–H and O–H groups in total. The summed E-state index contributed by atoms with van der Waals surface area (Å²) in [5.74, 6) is 0.471. The van der Waals surface area contributed by atoms with Gasteiger partial charge in [-0.2, -0.15) is 0 Å². The van der Waals surface area contributed by atoms with E-state index in [0.717, 1.165) is 24.0 Å². The number of sulfonamides is 1. The van der Waals surface area contributed by atoms with Crippen LogP contribution in [0.5, 0.6) is 0 Å².